The minimum absolute atomic E-state index is 0.0313. The van der Waals surface area contributed by atoms with Gasteiger partial charge in [-0.1, -0.05) is 42.1 Å². The number of hydrogen-bond acceptors (Lipinski definition) is 5. The Morgan fingerprint density at radius 3 is 2.76 bits per heavy atom. The van der Waals surface area contributed by atoms with Gasteiger partial charge in [-0.15, -0.1) is 10.2 Å². The van der Waals surface area contributed by atoms with Crippen molar-refractivity contribution in [3.8, 4) is 0 Å². The molecule has 21 heavy (non-hydrogen) atoms. The van der Waals surface area contributed by atoms with E-state index in [0.29, 0.717) is 24.7 Å². The molecule has 1 heterocycles. The van der Waals surface area contributed by atoms with Gasteiger partial charge in [0.25, 0.3) is 0 Å². The lowest BCUT2D eigenvalue weighted by Gasteiger charge is -2.09. The Balaban J connectivity index is 2.17. The molecule has 0 bridgehead atoms. The van der Waals surface area contributed by atoms with Crippen LogP contribution in [0.25, 0.3) is 0 Å². The van der Waals surface area contributed by atoms with E-state index in [2.05, 4.69) is 10.2 Å². The van der Waals surface area contributed by atoms with E-state index in [1.807, 2.05) is 34.9 Å². The standard InChI is InChI=1S/C14H17N3O3S/c1-20-8-7-17-12(9-11-5-3-2-4-6-11)15-16-14(17)21-10-13(18)19/h2-6H,7-10H2,1H3,(H,18,19). The topological polar surface area (TPSA) is 77.2 Å². The van der Waals surface area contributed by atoms with Crippen LogP contribution in [-0.2, 0) is 22.5 Å². The summed E-state index contributed by atoms with van der Waals surface area (Å²) in [5, 5.41) is 17.7. The Bertz CT molecular complexity index is 586. The second-order valence-electron chi connectivity index (χ2n) is 4.39. The zero-order valence-corrected chi connectivity index (χ0v) is 12.5. The van der Waals surface area contributed by atoms with Crippen molar-refractivity contribution in [3.63, 3.8) is 0 Å². The maximum Gasteiger partial charge on any atom is 0.313 e. The van der Waals surface area contributed by atoms with Crippen LogP contribution in [-0.4, -0.2) is 45.3 Å². The molecule has 0 radical (unpaired) electrons. The SMILES string of the molecule is COCCn1c(Cc2ccccc2)nnc1SCC(=O)O. The van der Waals surface area contributed by atoms with Crippen molar-refractivity contribution in [3.05, 3.63) is 41.7 Å². The highest BCUT2D eigenvalue weighted by atomic mass is 32.2. The van der Waals surface area contributed by atoms with Gasteiger partial charge in [-0.2, -0.15) is 0 Å². The first kappa shape index (κ1) is 15.5. The Morgan fingerprint density at radius 2 is 2.10 bits per heavy atom. The molecule has 7 heteroatoms. The van der Waals surface area contributed by atoms with Gasteiger partial charge in [-0.25, -0.2) is 0 Å². The predicted octanol–water partition coefficient (Wildman–Crippen LogP) is 1.69. The maximum atomic E-state index is 10.7. The molecule has 0 saturated heterocycles. The Hall–Kier alpha value is -1.86. The number of carbonyl (C=O) groups is 1. The van der Waals surface area contributed by atoms with Crippen LogP contribution in [0, 0.1) is 0 Å². The zero-order valence-electron chi connectivity index (χ0n) is 11.7. The van der Waals surface area contributed by atoms with Crippen molar-refractivity contribution in [2.45, 2.75) is 18.1 Å². The lowest BCUT2D eigenvalue weighted by atomic mass is 10.1. The average Bonchev–Trinajstić information content (AvgIpc) is 2.86. The van der Waals surface area contributed by atoms with Gasteiger partial charge in [0.2, 0.25) is 0 Å². The number of thioether (sulfide) groups is 1. The van der Waals surface area contributed by atoms with E-state index in [-0.39, 0.29) is 5.75 Å². The first-order valence-corrected chi connectivity index (χ1v) is 7.49. The second-order valence-corrected chi connectivity index (χ2v) is 5.33. The summed E-state index contributed by atoms with van der Waals surface area (Å²) in [6, 6.07) is 9.97. The van der Waals surface area contributed by atoms with Crippen LogP contribution in [0.3, 0.4) is 0 Å². The molecule has 0 spiro atoms. The number of aromatic nitrogens is 3. The Labute approximate surface area is 127 Å². The fourth-order valence-corrected chi connectivity index (χ4v) is 2.57. The molecule has 6 nitrogen and oxygen atoms in total. The van der Waals surface area contributed by atoms with E-state index < -0.39 is 5.97 Å². The summed E-state index contributed by atoms with van der Waals surface area (Å²) in [4.78, 5) is 10.7. The highest BCUT2D eigenvalue weighted by Crippen LogP contribution is 2.18. The molecule has 0 atom stereocenters. The van der Waals surface area contributed by atoms with Gasteiger partial charge in [0.1, 0.15) is 5.82 Å². The van der Waals surface area contributed by atoms with Crippen LogP contribution in [0.5, 0.6) is 0 Å². The third-order valence-corrected chi connectivity index (χ3v) is 3.79. The van der Waals surface area contributed by atoms with Crippen LogP contribution in [0.15, 0.2) is 35.5 Å². The van der Waals surface area contributed by atoms with Crippen molar-refractivity contribution in [2.75, 3.05) is 19.5 Å². The van der Waals surface area contributed by atoms with Gasteiger partial charge in [0.05, 0.1) is 12.4 Å². The van der Waals surface area contributed by atoms with E-state index in [4.69, 9.17) is 9.84 Å². The zero-order chi connectivity index (χ0) is 15.1. The summed E-state index contributed by atoms with van der Waals surface area (Å²) in [5.41, 5.74) is 1.14. The summed E-state index contributed by atoms with van der Waals surface area (Å²) in [6.07, 6.45) is 0.658. The van der Waals surface area contributed by atoms with E-state index in [1.54, 1.807) is 7.11 Å². The quantitative estimate of drug-likeness (QED) is 0.748. The molecule has 2 aromatic rings. The molecule has 0 unspecified atom stereocenters. The van der Waals surface area contributed by atoms with Crippen LogP contribution >= 0.6 is 11.8 Å². The molecule has 112 valence electrons. The second kappa shape index (κ2) is 7.80. The summed E-state index contributed by atoms with van der Waals surface area (Å²) >= 11 is 1.17. The molecule has 0 amide bonds. The molecule has 0 fully saturated rings. The minimum Gasteiger partial charge on any atom is -0.481 e. The normalized spacial score (nSPS) is 10.7. The number of carboxylic acid groups (broad SMARTS) is 1. The fraction of sp³-hybridized carbons (Fsp3) is 0.357. The number of nitrogens with zero attached hydrogens (tertiary/aromatic N) is 3. The number of aliphatic carboxylic acids is 1. The molecular weight excluding hydrogens is 290 g/mol. The predicted molar refractivity (Wildman–Crippen MR) is 79.5 cm³/mol. The van der Waals surface area contributed by atoms with Crippen molar-refractivity contribution >= 4 is 17.7 Å². The lowest BCUT2D eigenvalue weighted by Crippen LogP contribution is -2.11. The first-order chi connectivity index (χ1) is 10.2. The van der Waals surface area contributed by atoms with Gasteiger partial charge in [-0.05, 0) is 5.56 Å². The lowest BCUT2D eigenvalue weighted by molar-refractivity contribution is -0.133. The molecule has 0 aliphatic carbocycles. The number of rotatable bonds is 8. The van der Waals surface area contributed by atoms with Gasteiger partial charge in [0.15, 0.2) is 5.16 Å². The highest BCUT2D eigenvalue weighted by molar-refractivity contribution is 7.99. The smallest absolute Gasteiger partial charge is 0.313 e. The number of carboxylic acids is 1. The van der Waals surface area contributed by atoms with Gasteiger partial charge in [0, 0.05) is 20.1 Å². The summed E-state index contributed by atoms with van der Waals surface area (Å²) in [7, 11) is 1.63. The number of benzene rings is 1. The van der Waals surface area contributed by atoms with Crippen LogP contribution < -0.4 is 0 Å². The fourth-order valence-electron chi connectivity index (χ4n) is 1.87. The third kappa shape index (κ3) is 4.57. The van der Waals surface area contributed by atoms with E-state index in [0.717, 1.165) is 11.4 Å². The maximum absolute atomic E-state index is 10.7. The van der Waals surface area contributed by atoms with E-state index >= 15 is 0 Å². The van der Waals surface area contributed by atoms with Crippen molar-refractivity contribution in [1.29, 1.82) is 0 Å². The van der Waals surface area contributed by atoms with Gasteiger partial charge in [-0.3, -0.25) is 4.79 Å². The van der Waals surface area contributed by atoms with Crippen molar-refractivity contribution in [1.82, 2.24) is 14.8 Å². The average molecular weight is 307 g/mol. The molecule has 1 N–H and O–H groups in total. The van der Waals surface area contributed by atoms with Crippen LogP contribution in [0.2, 0.25) is 0 Å². The summed E-state index contributed by atoms with van der Waals surface area (Å²) in [5.74, 6) is -0.0896. The summed E-state index contributed by atoms with van der Waals surface area (Å²) < 4.78 is 7.02. The van der Waals surface area contributed by atoms with E-state index in [1.165, 1.54) is 11.8 Å². The number of methoxy groups -OCH3 is 1. The summed E-state index contributed by atoms with van der Waals surface area (Å²) in [6.45, 7) is 1.13. The van der Waals surface area contributed by atoms with Crippen LogP contribution in [0.1, 0.15) is 11.4 Å². The Morgan fingerprint density at radius 1 is 1.33 bits per heavy atom. The number of ether oxygens (including phenoxy) is 1. The van der Waals surface area contributed by atoms with Gasteiger partial charge >= 0.3 is 5.97 Å². The third-order valence-electron chi connectivity index (χ3n) is 2.84. The monoisotopic (exact) mass is 307 g/mol. The van der Waals surface area contributed by atoms with Crippen LogP contribution in [0.4, 0.5) is 0 Å². The molecule has 0 aliphatic rings. The number of hydrogen-bond donors (Lipinski definition) is 1. The molecular formula is C14H17N3O3S. The highest BCUT2D eigenvalue weighted by Gasteiger charge is 2.14. The molecule has 1 aromatic carbocycles. The van der Waals surface area contributed by atoms with E-state index in [9.17, 15) is 4.79 Å². The molecule has 2 rings (SSSR count). The first-order valence-electron chi connectivity index (χ1n) is 6.50. The minimum atomic E-state index is -0.870. The Kier molecular flexibility index (Phi) is 5.77. The largest absolute Gasteiger partial charge is 0.481 e. The van der Waals surface area contributed by atoms with Crippen molar-refractivity contribution in [2.24, 2.45) is 0 Å². The molecule has 0 saturated carbocycles. The molecule has 0 aliphatic heterocycles. The van der Waals surface area contributed by atoms with Gasteiger partial charge < -0.3 is 14.4 Å². The molecule has 1 aromatic heterocycles. The van der Waals surface area contributed by atoms with Crippen molar-refractivity contribution < 1.29 is 14.6 Å².